The van der Waals surface area contributed by atoms with Gasteiger partial charge in [0, 0.05) is 26.0 Å². The predicted molar refractivity (Wildman–Crippen MR) is 81.1 cm³/mol. The molecule has 0 unspecified atom stereocenters. The quantitative estimate of drug-likeness (QED) is 0.803. The van der Waals surface area contributed by atoms with E-state index in [0.29, 0.717) is 18.9 Å². The molecule has 1 aliphatic carbocycles. The molecule has 2 heterocycles. The van der Waals surface area contributed by atoms with E-state index in [1.807, 2.05) is 4.90 Å². The minimum atomic E-state index is -0.263. The van der Waals surface area contributed by atoms with Crippen LogP contribution < -0.4 is 0 Å². The molecule has 21 heavy (non-hydrogen) atoms. The lowest BCUT2D eigenvalue weighted by Crippen LogP contribution is -2.59. The Kier molecular flexibility index (Phi) is 4.55. The molecule has 4 heteroatoms. The zero-order chi connectivity index (χ0) is 14.9. The molecule has 2 saturated heterocycles. The predicted octanol–water partition coefficient (Wildman–Crippen LogP) is 2.75. The van der Waals surface area contributed by atoms with Crippen LogP contribution in [-0.2, 0) is 14.3 Å². The van der Waals surface area contributed by atoms with Crippen molar-refractivity contribution in [3.63, 3.8) is 0 Å². The first kappa shape index (κ1) is 15.3. The van der Waals surface area contributed by atoms with E-state index in [2.05, 4.69) is 13.8 Å². The molecule has 0 N–H and O–H groups in total. The van der Waals surface area contributed by atoms with Crippen molar-refractivity contribution in [2.24, 2.45) is 5.92 Å². The standard InChI is InChI=1S/C17H29NO3/c1-13-11-18(12-17(21-13)9-10-20-14(17)2)16(19)8-7-15-5-3-4-6-15/h13-15H,3-12H2,1-2H3/t13-,14-,17+/m1/s1. The Labute approximate surface area is 128 Å². The highest BCUT2D eigenvalue weighted by molar-refractivity contribution is 5.76. The summed E-state index contributed by atoms with van der Waals surface area (Å²) in [5, 5.41) is 0. The maximum Gasteiger partial charge on any atom is 0.222 e. The average Bonchev–Trinajstić information content (AvgIpc) is 3.07. The Morgan fingerprint density at radius 1 is 1.29 bits per heavy atom. The molecular formula is C17H29NO3. The summed E-state index contributed by atoms with van der Waals surface area (Å²) in [6.45, 7) is 6.34. The topological polar surface area (TPSA) is 38.8 Å². The molecule has 0 bridgehead atoms. The second-order valence-corrected chi connectivity index (χ2v) is 7.22. The number of carbonyl (C=O) groups excluding carboxylic acids is 1. The van der Waals surface area contributed by atoms with Crippen molar-refractivity contribution in [2.75, 3.05) is 19.7 Å². The molecule has 0 radical (unpaired) electrons. The average molecular weight is 295 g/mol. The summed E-state index contributed by atoms with van der Waals surface area (Å²) in [5.74, 6) is 1.10. The number of nitrogens with zero attached hydrogens (tertiary/aromatic N) is 1. The van der Waals surface area contributed by atoms with Crippen molar-refractivity contribution >= 4 is 5.91 Å². The van der Waals surface area contributed by atoms with Gasteiger partial charge in [-0.05, 0) is 26.2 Å². The smallest absolute Gasteiger partial charge is 0.222 e. The molecule has 3 atom stereocenters. The Morgan fingerprint density at radius 2 is 2.05 bits per heavy atom. The zero-order valence-corrected chi connectivity index (χ0v) is 13.5. The van der Waals surface area contributed by atoms with Crippen molar-refractivity contribution in [2.45, 2.75) is 76.6 Å². The number of morpholine rings is 1. The fourth-order valence-electron chi connectivity index (χ4n) is 4.27. The van der Waals surface area contributed by atoms with Crippen LogP contribution in [0, 0.1) is 5.92 Å². The highest BCUT2D eigenvalue weighted by Gasteiger charge is 2.48. The molecule has 3 rings (SSSR count). The summed E-state index contributed by atoms with van der Waals surface area (Å²) in [6.07, 6.45) is 8.24. The minimum Gasteiger partial charge on any atom is -0.375 e. The number of ether oxygens (including phenoxy) is 2. The highest BCUT2D eigenvalue weighted by Crippen LogP contribution is 2.35. The molecule has 120 valence electrons. The van der Waals surface area contributed by atoms with Crippen LogP contribution in [0.5, 0.6) is 0 Å². The van der Waals surface area contributed by atoms with Gasteiger partial charge in [0.1, 0.15) is 5.60 Å². The largest absolute Gasteiger partial charge is 0.375 e. The first-order valence-corrected chi connectivity index (χ1v) is 8.66. The molecule has 0 aromatic rings. The third-order valence-corrected chi connectivity index (χ3v) is 5.60. The van der Waals surface area contributed by atoms with E-state index in [0.717, 1.165) is 31.9 Å². The molecule has 2 aliphatic heterocycles. The van der Waals surface area contributed by atoms with Crippen LogP contribution in [0.2, 0.25) is 0 Å². The molecule has 1 saturated carbocycles. The number of hydrogen-bond acceptors (Lipinski definition) is 3. The monoisotopic (exact) mass is 295 g/mol. The fourth-order valence-corrected chi connectivity index (χ4v) is 4.27. The van der Waals surface area contributed by atoms with Crippen molar-refractivity contribution in [1.82, 2.24) is 4.90 Å². The molecule has 0 aromatic heterocycles. The minimum absolute atomic E-state index is 0.0883. The third kappa shape index (κ3) is 3.26. The third-order valence-electron chi connectivity index (χ3n) is 5.60. The Balaban J connectivity index is 1.57. The number of hydrogen-bond donors (Lipinski definition) is 0. The van der Waals surface area contributed by atoms with Gasteiger partial charge in [0.2, 0.25) is 5.91 Å². The lowest BCUT2D eigenvalue weighted by atomic mass is 9.92. The first-order chi connectivity index (χ1) is 10.1. The second kappa shape index (κ2) is 6.25. The number of amides is 1. The Morgan fingerprint density at radius 3 is 2.71 bits per heavy atom. The van der Waals surface area contributed by atoms with E-state index < -0.39 is 0 Å². The van der Waals surface area contributed by atoms with Crippen LogP contribution in [0.4, 0.5) is 0 Å². The van der Waals surface area contributed by atoms with E-state index in [1.165, 1.54) is 25.7 Å². The SMILES string of the molecule is C[C@@H]1CN(C(=O)CCC2CCCC2)C[C@]2(CCO[C@@H]2C)O1. The maximum atomic E-state index is 12.6. The highest BCUT2D eigenvalue weighted by atomic mass is 16.6. The van der Waals surface area contributed by atoms with Crippen LogP contribution in [0.15, 0.2) is 0 Å². The van der Waals surface area contributed by atoms with E-state index in [-0.39, 0.29) is 17.8 Å². The van der Waals surface area contributed by atoms with E-state index in [1.54, 1.807) is 0 Å². The van der Waals surface area contributed by atoms with Crippen LogP contribution >= 0.6 is 0 Å². The zero-order valence-electron chi connectivity index (χ0n) is 13.5. The van der Waals surface area contributed by atoms with Crippen molar-refractivity contribution < 1.29 is 14.3 Å². The molecule has 4 nitrogen and oxygen atoms in total. The van der Waals surface area contributed by atoms with Crippen LogP contribution in [-0.4, -0.2) is 48.3 Å². The normalized spacial score (nSPS) is 37.5. The van der Waals surface area contributed by atoms with Gasteiger partial charge in [-0.3, -0.25) is 4.79 Å². The van der Waals surface area contributed by atoms with E-state index in [4.69, 9.17) is 9.47 Å². The van der Waals surface area contributed by atoms with Crippen LogP contribution in [0.1, 0.15) is 58.8 Å². The van der Waals surface area contributed by atoms with Gasteiger partial charge in [-0.15, -0.1) is 0 Å². The Bertz CT molecular complexity index is 380. The number of rotatable bonds is 3. The Hall–Kier alpha value is -0.610. The van der Waals surface area contributed by atoms with E-state index in [9.17, 15) is 4.79 Å². The van der Waals surface area contributed by atoms with Gasteiger partial charge in [0.25, 0.3) is 0 Å². The van der Waals surface area contributed by atoms with Crippen LogP contribution in [0.25, 0.3) is 0 Å². The van der Waals surface area contributed by atoms with Gasteiger partial charge < -0.3 is 14.4 Å². The summed E-state index contributed by atoms with van der Waals surface area (Å²) in [6, 6.07) is 0. The molecule has 0 aromatic carbocycles. The van der Waals surface area contributed by atoms with Gasteiger partial charge in [-0.2, -0.15) is 0 Å². The second-order valence-electron chi connectivity index (χ2n) is 7.22. The summed E-state index contributed by atoms with van der Waals surface area (Å²) in [7, 11) is 0. The fraction of sp³-hybridized carbons (Fsp3) is 0.941. The van der Waals surface area contributed by atoms with Gasteiger partial charge >= 0.3 is 0 Å². The first-order valence-electron chi connectivity index (χ1n) is 8.66. The summed E-state index contributed by atoms with van der Waals surface area (Å²) in [5.41, 5.74) is -0.263. The van der Waals surface area contributed by atoms with Gasteiger partial charge in [-0.1, -0.05) is 25.7 Å². The van der Waals surface area contributed by atoms with Gasteiger partial charge in [0.15, 0.2) is 0 Å². The van der Waals surface area contributed by atoms with Crippen molar-refractivity contribution in [3.05, 3.63) is 0 Å². The summed E-state index contributed by atoms with van der Waals surface area (Å²) < 4.78 is 11.9. The lowest BCUT2D eigenvalue weighted by Gasteiger charge is -2.45. The maximum absolute atomic E-state index is 12.6. The molecular weight excluding hydrogens is 266 g/mol. The van der Waals surface area contributed by atoms with Gasteiger partial charge in [0.05, 0.1) is 18.8 Å². The summed E-state index contributed by atoms with van der Waals surface area (Å²) >= 11 is 0. The van der Waals surface area contributed by atoms with Crippen molar-refractivity contribution in [3.8, 4) is 0 Å². The lowest BCUT2D eigenvalue weighted by molar-refractivity contribution is -0.179. The molecule has 1 spiro atoms. The van der Waals surface area contributed by atoms with Gasteiger partial charge in [-0.25, -0.2) is 0 Å². The molecule has 3 fully saturated rings. The van der Waals surface area contributed by atoms with Crippen LogP contribution in [0.3, 0.4) is 0 Å². The molecule has 1 amide bonds. The number of carbonyl (C=O) groups is 1. The van der Waals surface area contributed by atoms with E-state index >= 15 is 0 Å². The summed E-state index contributed by atoms with van der Waals surface area (Å²) in [4.78, 5) is 14.6. The van der Waals surface area contributed by atoms with Crippen molar-refractivity contribution in [1.29, 1.82) is 0 Å². The molecule has 3 aliphatic rings.